The Bertz CT molecular complexity index is 3740. The highest BCUT2D eigenvalue weighted by Crippen LogP contribution is 2.61. The predicted octanol–water partition coefficient (Wildman–Crippen LogP) is 13.6. The largest absolute Gasteiger partial charge is 0.309 e. The Hall–Kier alpha value is -7.95. The van der Waals surface area contributed by atoms with Gasteiger partial charge in [-0.1, -0.05) is 140 Å². The molecule has 4 heteroatoms. The van der Waals surface area contributed by atoms with Crippen LogP contribution >= 0.6 is 0 Å². The molecule has 278 valence electrons. The second-order valence-electron chi connectivity index (χ2n) is 16.3. The van der Waals surface area contributed by atoms with Crippen molar-refractivity contribution in [3.63, 3.8) is 0 Å². The number of aromatic nitrogens is 4. The van der Waals surface area contributed by atoms with Gasteiger partial charge in [-0.2, -0.15) is 0 Å². The van der Waals surface area contributed by atoms with E-state index in [1.807, 2.05) is 0 Å². The number of rotatable bonds is 3. The van der Waals surface area contributed by atoms with Crippen molar-refractivity contribution in [1.29, 1.82) is 0 Å². The number of fused-ring (bicyclic) bond motifs is 18. The van der Waals surface area contributed by atoms with E-state index in [2.05, 4.69) is 220 Å². The zero-order chi connectivity index (χ0) is 39.1. The normalized spacial score (nSPS) is 13.5. The van der Waals surface area contributed by atoms with E-state index in [1.165, 1.54) is 93.9 Å². The number of para-hydroxylation sites is 6. The molecule has 1 aliphatic heterocycles. The first-order chi connectivity index (χ1) is 29.8. The average Bonchev–Trinajstić information content (AvgIpc) is 4.09. The number of benzene rings is 9. The van der Waals surface area contributed by atoms with Crippen molar-refractivity contribution in [2.45, 2.75) is 5.41 Å². The smallest absolute Gasteiger partial charge is 0.134 e. The first-order valence-electron chi connectivity index (χ1n) is 20.7. The van der Waals surface area contributed by atoms with Crippen LogP contribution in [-0.2, 0) is 5.41 Å². The number of imidazole rings is 1. The van der Waals surface area contributed by atoms with E-state index in [4.69, 9.17) is 4.98 Å². The molecule has 0 fully saturated rings. The van der Waals surface area contributed by atoms with Gasteiger partial charge in [-0.15, -0.1) is 0 Å². The molecule has 12 aromatic rings. The molecular weight excluding hydrogens is 729 g/mol. The molecule has 0 bridgehead atoms. The minimum absolute atomic E-state index is 0.564. The molecule has 0 amide bonds. The van der Waals surface area contributed by atoms with Crippen molar-refractivity contribution in [3.8, 4) is 39.3 Å². The molecule has 60 heavy (non-hydrogen) atoms. The SMILES string of the molecule is c1ccc(-n2c3ccccc3c3cc(-c4ccc5c(c4)c4ccccc4n5-c4cccc5c4-n4c(nc6ccccc64)C54c5ccccc5-c5ccccc54)ccc32)cc1. The van der Waals surface area contributed by atoms with Gasteiger partial charge < -0.3 is 9.13 Å². The summed E-state index contributed by atoms with van der Waals surface area (Å²) < 4.78 is 7.34. The van der Waals surface area contributed by atoms with Crippen LogP contribution in [0.4, 0.5) is 0 Å². The van der Waals surface area contributed by atoms with E-state index in [1.54, 1.807) is 0 Å². The van der Waals surface area contributed by atoms with Crippen molar-refractivity contribution < 1.29 is 0 Å². The van der Waals surface area contributed by atoms with Gasteiger partial charge in [-0.25, -0.2) is 4.98 Å². The monoisotopic (exact) mass is 762 g/mol. The van der Waals surface area contributed by atoms with E-state index >= 15 is 0 Å². The van der Waals surface area contributed by atoms with Crippen molar-refractivity contribution in [2.75, 3.05) is 0 Å². The molecule has 0 N–H and O–H groups in total. The first-order valence-corrected chi connectivity index (χ1v) is 20.7. The minimum Gasteiger partial charge on any atom is -0.309 e. The van der Waals surface area contributed by atoms with Crippen molar-refractivity contribution >= 4 is 54.6 Å². The summed E-state index contributed by atoms with van der Waals surface area (Å²) in [6.45, 7) is 0. The Morgan fingerprint density at radius 1 is 0.350 bits per heavy atom. The number of hydrogen-bond donors (Lipinski definition) is 0. The summed E-state index contributed by atoms with van der Waals surface area (Å²) in [4.78, 5) is 5.54. The van der Waals surface area contributed by atoms with Crippen LogP contribution in [0.15, 0.2) is 206 Å². The molecule has 0 saturated heterocycles. The molecule has 0 saturated carbocycles. The quantitative estimate of drug-likeness (QED) is 0.176. The minimum atomic E-state index is -0.564. The summed E-state index contributed by atoms with van der Waals surface area (Å²) >= 11 is 0. The van der Waals surface area contributed by atoms with Crippen LogP contribution < -0.4 is 0 Å². The lowest BCUT2D eigenvalue weighted by Gasteiger charge is -2.27. The molecule has 9 aromatic carbocycles. The van der Waals surface area contributed by atoms with Gasteiger partial charge in [-0.05, 0) is 100 Å². The summed E-state index contributed by atoms with van der Waals surface area (Å²) in [5, 5.41) is 4.97. The molecule has 3 aromatic heterocycles. The predicted molar refractivity (Wildman–Crippen MR) is 246 cm³/mol. The molecule has 0 atom stereocenters. The van der Waals surface area contributed by atoms with E-state index in [-0.39, 0.29) is 0 Å². The van der Waals surface area contributed by atoms with Crippen LogP contribution in [0.5, 0.6) is 0 Å². The Balaban J connectivity index is 1.02. The fourth-order valence-electron chi connectivity index (χ4n) is 11.1. The molecular formula is C56H34N4. The lowest BCUT2D eigenvalue weighted by atomic mass is 9.73. The Kier molecular flexibility index (Phi) is 6.19. The van der Waals surface area contributed by atoms with Crippen LogP contribution in [-0.4, -0.2) is 18.7 Å². The van der Waals surface area contributed by atoms with Gasteiger partial charge in [0, 0.05) is 32.8 Å². The second-order valence-corrected chi connectivity index (χ2v) is 16.3. The van der Waals surface area contributed by atoms with E-state index < -0.39 is 5.41 Å². The van der Waals surface area contributed by atoms with E-state index in [9.17, 15) is 0 Å². The number of nitrogens with zero attached hydrogens (tertiary/aromatic N) is 4. The molecule has 0 unspecified atom stereocenters. The van der Waals surface area contributed by atoms with Gasteiger partial charge in [0.15, 0.2) is 0 Å². The van der Waals surface area contributed by atoms with Crippen LogP contribution in [0.2, 0.25) is 0 Å². The molecule has 1 aliphatic carbocycles. The fraction of sp³-hybridized carbons (Fsp3) is 0.0179. The van der Waals surface area contributed by atoms with Gasteiger partial charge in [-0.3, -0.25) is 4.57 Å². The fourth-order valence-corrected chi connectivity index (χ4v) is 11.1. The number of hydrogen-bond acceptors (Lipinski definition) is 1. The van der Waals surface area contributed by atoms with Crippen molar-refractivity contribution in [1.82, 2.24) is 18.7 Å². The van der Waals surface area contributed by atoms with Gasteiger partial charge >= 0.3 is 0 Å². The molecule has 0 radical (unpaired) electrons. The summed E-state index contributed by atoms with van der Waals surface area (Å²) in [6.07, 6.45) is 0. The first kappa shape index (κ1) is 32.1. The third-order valence-electron chi connectivity index (χ3n) is 13.4. The lowest BCUT2D eigenvalue weighted by Crippen LogP contribution is -2.27. The third kappa shape index (κ3) is 3.93. The molecule has 14 rings (SSSR count). The summed E-state index contributed by atoms with van der Waals surface area (Å²) in [7, 11) is 0. The Morgan fingerprint density at radius 2 is 0.867 bits per heavy atom. The highest BCUT2D eigenvalue weighted by atomic mass is 15.2. The van der Waals surface area contributed by atoms with Gasteiger partial charge in [0.2, 0.25) is 0 Å². The summed E-state index contributed by atoms with van der Waals surface area (Å²) in [5.41, 5.74) is 18.6. The highest BCUT2D eigenvalue weighted by Gasteiger charge is 2.54. The topological polar surface area (TPSA) is 27.7 Å². The van der Waals surface area contributed by atoms with E-state index in [0.29, 0.717) is 0 Å². The van der Waals surface area contributed by atoms with Crippen LogP contribution in [0.3, 0.4) is 0 Å². The maximum absolute atomic E-state index is 5.54. The van der Waals surface area contributed by atoms with Crippen molar-refractivity contribution in [3.05, 3.63) is 229 Å². The zero-order valence-corrected chi connectivity index (χ0v) is 32.4. The average molecular weight is 763 g/mol. The Morgan fingerprint density at radius 3 is 1.55 bits per heavy atom. The second kappa shape index (κ2) is 11.6. The Labute approximate surface area is 345 Å². The lowest BCUT2D eigenvalue weighted by molar-refractivity contribution is 0.738. The van der Waals surface area contributed by atoms with Crippen molar-refractivity contribution in [2.24, 2.45) is 0 Å². The molecule has 2 aliphatic rings. The molecule has 4 heterocycles. The maximum Gasteiger partial charge on any atom is 0.134 e. The molecule has 4 nitrogen and oxygen atoms in total. The zero-order valence-electron chi connectivity index (χ0n) is 32.4. The van der Waals surface area contributed by atoms with E-state index in [0.717, 1.165) is 22.5 Å². The van der Waals surface area contributed by atoms with Crippen LogP contribution in [0.1, 0.15) is 22.5 Å². The summed E-state index contributed by atoms with van der Waals surface area (Å²) in [6, 6.07) is 75.7. The highest BCUT2D eigenvalue weighted by molar-refractivity contribution is 6.13. The van der Waals surface area contributed by atoms with Gasteiger partial charge in [0.05, 0.1) is 44.5 Å². The van der Waals surface area contributed by atoms with Crippen LogP contribution in [0.25, 0.3) is 94.0 Å². The van der Waals surface area contributed by atoms with Gasteiger partial charge in [0.1, 0.15) is 11.2 Å². The maximum atomic E-state index is 5.54. The standard InChI is InChI=1S/C56H34N4/c1-2-15-37(16-3-1)58-48-25-11-6-19-40(48)42-33-35(29-31-50(42)58)36-30-32-51-43(34-36)41-20-7-12-26-49(41)59(51)53-28-14-23-46-54(53)60-52-27-13-10-24-47(52)57-55(60)56(46)44-21-8-4-17-38(44)39-18-5-9-22-45(39)56/h1-34H. The summed E-state index contributed by atoms with van der Waals surface area (Å²) in [5.74, 6) is 1.05. The third-order valence-corrected chi connectivity index (χ3v) is 13.4. The molecule has 1 spiro atoms. The van der Waals surface area contributed by atoms with Crippen LogP contribution in [0, 0.1) is 0 Å². The van der Waals surface area contributed by atoms with Gasteiger partial charge in [0.25, 0.3) is 0 Å².